The van der Waals surface area contributed by atoms with Crippen molar-refractivity contribution in [2.24, 2.45) is 0 Å². The number of hydrogen-bond acceptors (Lipinski definition) is 2. The summed E-state index contributed by atoms with van der Waals surface area (Å²) >= 11 is 3.37. The molecule has 0 saturated carbocycles. The number of benzene rings is 2. The topological polar surface area (TPSA) is 26.3 Å². The summed E-state index contributed by atoms with van der Waals surface area (Å²) in [5.74, 6) is -0.844. The van der Waals surface area contributed by atoms with Crippen molar-refractivity contribution in [2.45, 2.75) is 6.61 Å². The number of rotatable bonds is 3. The molecule has 0 aromatic heterocycles. The second-order valence-corrected chi connectivity index (χ2v) is 4.53. The van der Waals surface area contributed by atoms with Gasteiger partial charge in [-0.25, -0.2) is 9.18 Å². The summed E-state index contributed by atoms with van der Waals surface area (Å²) in [5, 5.41) is 0. The van der Waals surface area contributed by atoms with Crippen molar-refractivity contribution >= 4 is 21.9 Å². The standard InChI is InChI=1S/C14H10BrFO2/c15-13-4-2-1-3-11(13)9-18-14(17)10-5-7-12(16)8-6-10/h1-8H,9H2. The Morgan fingerprint density at radius 3 is 2.44 bits per heavy atom. The molecule has 2 nitrogen and oxygen atoms in total. The maximum Gasteiger partial charge on any atom is 0.338 e. The molecular formula is C14H10BrFO2. The largest absolute Gasteiger partial charge is 0.457 e. The summed E-state index contributed by atoms with van der Waals surface area (Å²) in [4.78, 5) is 11.7. The lowest BCUT2D eigenvalue weighted by Gasteiger charge is -2.06. The van der Waals surface area contributed by atoms with Crippen molar-refractivity contribution in [3.05, 3.63) is 69.9 Å². The first-order chi connectivity index (χ1) is 8.66. The number of esters is 1. The van der Waals surface area contributed by atoms with Crippen LogP contribution in [0.1, 0.15) is 15.9 Å². The van der Waals surface area contributed by atoms with Gasteiger partial charge in [0.2, 0.25) is 0 Å². The Labute approximate surface area is 113 Å². The molecule has 4 heteroatoms. The summed E-state index contributed by atoms with van der Waals surface area (Å²) in [6.07, 6.45) is 0. The van der Waals surface area contributed by atoms with Crippen LogP contribution in [0.3, 0.4) is 0 Å². The van der Waals surface area contributed by atoms with Crippen LogP contribution >= 0.6 is 15.9 Å². The van der Waals surface area contributed by atoms with E-state index in [9.17, 15) is 9.18 Å². The van der Waals surface area contributed by atoms with Gasteiger partial charge in [0.15, 0.2) is 0 Å². The van der Waals surface area contributed by atoms with E-state index in [1.54, 1.807) is 0 Å². The van der Waals surface area contributed by atoms with Crippen molar-refractivity contribution in [2.75, 3.05) is 0 Å². The molecule has 0 N–H and O–H groups in total. The number of halogens is 2. The van der Waals surface area contributed by atoms with Crippen molar-refractivity contribution < 1.29 is 13.9 Å². The average Bonchev–Trinajstić information content (AvgIpc) is 2.38. The fraction of sp³-hybridized carbons (Fsp3) is 0.0714. The lowest BCUT2D eigenvalue weighted by atomic mass is 10.2. The highest BCUT2D eigenvalue weighted by molar-refractivity contribution is 9.10. The van der Waals surface area contributed by atoms with Crippen LogP contribution in [0.25, 0.3) is 0 Å². The van der Waals surface area contributed by atoms with E-state index < -0.39 is 5.97 Å². The fourth-order valence-corrected chi connectivity index (χ4v) is 1.83. The Bertz CT molecular complexity index is 552. The molecule has 0 radical (unpaired) electrons. The van der Waals surface area contributed by atoms with Crippen LogP contribution in [0.4, 0.5) is 4.39 Å². The summed E-state index contributed by atoms with van der Waals surface area (Å²) in [7, 11) is 0. The third kappa shape index (κ3) is 3.17. The average molecular weight is 309 g/mol. The highest BCUT2D eigenvalue weighted by Gasteiger charge is 2.08. The number of ether oxygens (including phenoxy) is 1. The van der Waals surface area contributed by atoms with Crippen LogP contribution in [0, 0.1) is 5.82 Å². The number of carbonyl (C=O) groups is 1. The molecule has 18 heavy (non-hydrogen) atoms. The van der Waals surface area contributed by atoms with Crippen LogP contribution in [-0.2, 0) is 11.3 Å². The molecule has 2 aromatic rings. The van der Waals surface area contributed by atoms with Gasteiger partial charge in [0, 0.05) is 10.0 Å². The quantitative estimate of drug-likeness (QED) is 0.803. The molecule has 0 heterocycles. The van der Waals surface area contributed by atoms with Crippen molar-refractivity contribution in [3.63, 3.8) is 0 Å². The van der Waals surface area contributed by atoms with E-state index >= 15 is 0 Å². The van der Waals surface area contributed by atoms with Crippen LogP contribution in [0.15, 0.2) is 53.0 Å². The molecule has 0 bridgehead atoms. The van der Waals surface area contributed by atoms with Gasteiger partial charge >= 0.3 is 5.97 Å². The summed E-state index contributed by atoms with van der Waals surface area (Å²) < 4.78 is 18.7. The Morgan fingerprint density at radius 2 is 1.78 bits per heavy atom. The van der Waals surface area contributed by atoms with Crippen LogP contribution in [-0.4, -0.2) is 5.97 Å². The van der Waals surface area contributed by atoms with E-state index in [0.717, 1.165) is 10.0 Å². The Kier molecular flexibility index (Phi) is 4.10. The van der Waals surface area contributed by atoms with Crippen LogP contribution < -0.4 is 0 Å². The van der Waals surface area contributed by atoms with Gasteiger partial charge in [-0.05, 0) is 30.3 Å². The van der Waals surface area contributed by atoms with Crippen molar-refractivity contribution in [1.82, 2.24) is 0 Å². The van der Waals surface area contributed by atoms with Gasteiger partial charge in [-0.3, -0.25) is 0 Å². The van der Waals surface area contributed by atoms with Crippen LogP contribution in [0.5, 0.6) is 0 Å². The van der Waals surface area contributed by atoms with E-state index in [0.29, 0.717) is 5.56 Å². The molecule has 0 spiro atoms. The molecule has 92 valence electrons. The molecule has 2 rings (SSSR count). The van der Waals surface area contributed by atoms with Gasteiger partial charge in [-0.2, -0.15) is 0 Å². The van der Waals surface area contributed by atoms with Gasteiger partial charge in [0.25, 0.3) is 0 Å². The first kappa shape index (κ1) is 12.8. The molecule has 0 atom stereocenters. The summed E-state index contributed by atoms with van der Waals surface area (Å²) in [5.41, 5.74) is 1.22. The lowest BCUT2D eigenvalue weighted by molar-refractivity contribution is 0.0472. The molecule has 0 saturated heterocycles. The maximum atomic E-state index is 12.7. The minimum atomic E-state index is -0.467. The lowest BCUT2D eigenvalue weighted by Crippen LogP contribution is -2.05. The first-order valence-corrected chi connectivity index (χ1v) is 6.12. The molecule has 0 amide bonds. The zero-order valence-corrected chi connectivity index (χ0v) is 11.0. The van der Waals surface area contributed by atoms with E-state index in [1.165, 1.54) is 24.3 Å². The van der Waals surface area contributed by atoms with Gasteiger partial charge in [0.05, 0.1) is 5.56 Å². The maximum absolute atomic E-state index is 12.7. The monoisotopic (exact) mass is 308 g/mol. The van der Waals surface area contributed by atoms with Crippen molar-refractivity contribution in [3.8, 4) is 0 Å². The van der Waals surface area contributed by atoms with Gasteiger partial charge in [-0.1, -0.05) is 34.1 Å². The first-order valence-electron chi connectivity index (χ1n) is 5.33. The molecule has 0 aliphatic carbocycles. The third-order valence-corrected chi connectivity index (χ3v) is 3.17. The summed E-state index contributed by atoms with van der Waals surface area (Å²) in [6.45, 7) is 0.178. The van der Waals surface area contributed by atoms with Gasteiger partial charge in [0.1, 0.15) is 12.4 Å². The second-order valence-electron chi connectivity index (χ2n) is 3.67. The SMILES string of the molecule is O=C(OCc1ccccc1Br)c1ccc(F)cc1. The molecule has 0 unspecified atom stereocenters. The zero-order chi connectivity index (χ0) is 13.0. The second kappa shape index (κ2) is 5.78. The number of hydrogen-bond donors (Lipinski definition) is 0. The highest BCUT2D eigenvalue weighted by Crippen LogP contribution is 2.17. The molecule has 2 aromatic carbocycles. The predicted molar refractivity (Wildman–Crippen MR) is 69.7 cm³/mol. The zero-order valence-electron chi connectivity index (χ0n) is 9.40. The fourth-order valence-electron chi connectivity index (χ4n) is 1.43. The van der Waals surface area contributed by atoms with E-state index in [1.807, 2.05) is 24.3 Å². The minimum absolute atomic E-state index is 0.178. The number of carbonyl (C=O) groups excluding carboxylic acids is 1. The third-order valence-electron chi connectivity index (χ3n) is 2.40. The smallest absolute Gasteiger partial charge is 0.338 e. The molecule has 0 aliphatic heterocycles. The normalized spacial score (nSPS) is 10.1. The Hall–Kier alpha value is -1.68. The Morgan fingerprint density at radius 1 is 1.11 bits per heavy atom. The van der Waals surface area contributed by atoms with Crippen molar-refractivity contribution in [1.29, 1.82) is 0 Å². The summed E-state index contributed by atoms with van der Waals surface area (Å²) in [6, 6.07) is 12.8. The Balaban J connectivity index is 2.01. The minimum Gasteiger partial charge on any atom is -0.457 e. The highest BCUT2D eigenvalue weighted by atomic mass is 79.9. The molecule has 0 fully saturated rings. The van der Waals surface area contributed by atoms with E-state index in [2.05, 4.69) is 15.9 Å². The predicted octanol–water partition coefficient (Wildman–Crippen LogP) is 3.95. The van der Waals surface area contributed by atoms with E-state index in [4.69, 9.17) is 4.74 Å². The van der Waals surface area contributed by atoms with Gasteiger partial charge in [-0.15, -0.1) is 0 Å². The molecular weight excluding hydrogens is 299 g/mol. The van der Waals surface area contributed by atoms with E-state index in [-0.39, 0.29) is 12.4 Å². The van der Waals surface area contributed by atoms with Gasteiger partial charge < -0.3 is 4.74 Å². The molecule has 0 aliphatic rings. The van der Waals surface area contributed by atoms with Crippen LogP contribution in [0.2, 0.25) is 0 Å².